The third kappa shape index (κ3) is 6.04. The van der Waals surface area contributed by atoms with E-state index < -0.39 is 15.7 Å². The molecule has 198 valence electrons. The molecule has 0 aliphatic rings. The van der Waals surface area contributed by atoms with E-state index >= 15 is 0 Å². The summed E-state index contributed by atoms with van der Waals surface area (Å²) in [5.41, 5.74) is 3.91. The van der Waals surface area contributed by atoms with Gasteiger partial charge in [0.25, 0.3) is 0 Å². The van der Waals surface area contributed by atoms with Gasteiger partial charge < -0.3 is 4.74 Å². The highest BCUT2D eigenvalue weighted by molar-refractivity contribution is 7.90. The van der Waals surface area contributed by atoms with Crippen LogP contribution >= 0.6 is 0 Å². The van der Waals surface area contributed by atoms with E-state index in [2.05, 4.69) is 0 Å². The molecular formula is C30H23F3N2O3S. The Kier molecular flexibility index (Phi) is 7.26. The van der Waals surface area contributed by atoms with Crippen molar-refractivity contribution in [1.29, 1.82) is 0 Å². The van der Waals surface area contributed by atoms with Crippen LogP contribution in [0.1, 0.15) is 11.1 Å². The highest BCUT2D eigenvalue weighted by atomic mass is 32.2. The summed E-state index contributed by atoms with van der Waals surface area (Å²) in [6.45, 7) is 0.339. The predicted octanol–water partition coefficient (Wildman–Crippen LogP) is 6.67. The van der Waals surface area contributed by atoms with Crippen molar-refractivity contribution >= 4 is 9.84 Å². The quantitative estimate of drug-likeness (QED) is 0.217. The Hall–Kier alpha value is -4.37. The van der Waals surface area contributed by atoms with Gasteiger partial charge in [0, 0.05) is 11.8 Å². The molecule has 0 atom stereocenters. The number of benzene rings is 4. The van der Waals surface area contributed by atoms with E-state index in [1.165, 1.54) is 48.5 Å². The molecule has 1 aromatic heterocycles. The van der Waals surface area contributed by atoms with Crippen LogP contribution in [0.15, 0.2) is 102 Å². The second-order valence-corrected chi connectivity index (χ2v) is 11.0. The van der Waals surface area contributed by atoms with Crippen LogP contribution in [0.3, 0.4) is 0 Å². The molecular weight excluding hydrogens is 525 g/mol. The van der Waals surface area contributed by atoms with Gasteiger partial charge >= 0.3 is 0 Å². The van der Waals surface area contributed by atoms with Crippen molar-refractivity contribution in [3.8, 4) is 28.3 Å². The molecule has 0 unspecified atom stereocenters. The summed E-state index contributed by atoms with van der Waals surface area (Å²) in [7, 11) is -3.42. The van der Waals surface area contributed by atoms with Crippen molar-refractivity contribution in [2.24, 2.45) is 0 Å². The molecule has 0 spiro atoms. The number of aromatic nitrogens is 2. The van der Waals surface area contributed by atoms with E-state index in [1.807, 2.05) is 0 Å². The molecule has 0 aliphatic heterocycles. The summed E-state index contributed by atoms with van der Waals surface area (Å²) in [4.78, 5) is 0.159. The van der Waals surface area contributed by atoms with Crippen LogP contribution in [0.2, 0.25) is 0 Å². The van der Waals surface area contributed by atoms with Crippen LogP contribution < -0.4 is 4.74 Å². The molecule has 0 N–H and O–H groups in total. The summed E-state index contributed by atoms with van der Waals surface area (Å²) in [6, 6.07) is 24.1. The molecule has 0 aliphatic carbocycles. The van der Waals surface area contributed by atoms with Crippen molar-refractivity contribution in [2.75, 3.05) is 6.26 Å². The first-order valence-electron chi connectivity index (χ1n) is 12.0. The van der Waals surface area contributed by atoms with Crippen molar-refractivity contribution in [2.45, 2.75) is 18.0 Å². The van der Waals surface area contributed by atoms with Gasteiger partial charge in [0.15, 0.2) is 9.84 Å². The molecule has 0 radical (unpaired) electrons. The average Bonchev–Trinajstić information content (AvgIpc) is 3.27. The Balaban J connectivity index is 1.67. The molecule has 0 bridgehead atoms. The molecule has 0 fully saturated rings. The van der Waals surface area contributed by atoms with E-state index in [0.29, 0.717) is 27.9 Å². The van der Waals surface area contributed by atoms with Gasteiger partial charge in [-0.2, -0.15) is 0 Å². The highest BCUT2D eigenvalue weighted by Gasteiger charge is 2.23. The molecule has 1 heterocycles. The fraction of sp³-hybridized carbons (Fsp3) is 0.100. The number of rotatable bonds is 8. The van der Waals surface area contributed by atoms with E-state index in [4.69, 9.17) is 9.84 Å². The Morgan fingerprint density at radius 2 is 1.18 bits per heavy atom. The lowest BCUT2D eigenvalue weighted by molar-refractivity contribution is 0.291. The lowest BCUT2D eigenvalue weighted by Crippen LogP contribution is -2.05. The first-order chi connectivity index (χ1) is 18.7. The van der Waals surface area contributed by atoms with Gasteiger partial charge in [0.1, 0.15) is 24.1 Å². The van der Waals surface area contributed by atoms with E-state index in [9.17, 15) is 21.6 Å². The van der Waals surface area contributed by atoms with Gasteiger partial charge in [-0.05, 0) is 65.2 Å². The van der Waals surface area contributed by atoms with Crippen molar-refractivity contribution in [1.82, 2.24) is 9.78 Å². The topological polar surface area (TPSA) is 61.2 Å². The summed E-state index contributed by atoms with van der Waals surface area (Å²) in [5.74, 6) is -0.902. The molecule has 0 amide bonds. The van der Waals surface area contributed by atoms with E-state index in [-0.39, 0.29) is 35.6 Å². The number of sulfone groups is 1. The Morgan fingerprint density at radius 1 is 0.692 bits per heavy atom. The summed E-state index contributed by atoms with van der Waals surface area (Å²) >= 11 is 0. The van der Waals surface area contributed by atoms with Crippen LogP contribution in [-0.2, 0) is 23.0 Å². The second-order valence-electron chi connectivity index (χ2n) is 9.03. The van der Waals surface area contributed by atoms with E-state index in [1.54, 1.807) is 53.2 Å². The largest absolute Gasteiger partial charge is 0.471 e. The standard InChI is InChI=1S/C30H23F3N2O3S/c1-39(36,37)27-16-8-23(9-17-27)29-28(22-6-14-26(33)15-7-22)30(38-19-21-4-12-25(32)13-5-21)34-35(29)18-20-2-10-24(31)11-3-20/h2-17H,18-19H2,1H3. The number of halogens is 3. The van der Waals surface area contributed by atoms with Gasteiger partial charge in [0.05, 0.1) is 22.7 Å². The number of hydrogen-bond donors (Lipinski definition) is 0. The third-order valence-electron chi connectivity index (χ3n) is 6.14. The maximum Gasteiger partial charge on any atom is 0.241 e. The molecule has 9 heteroatoms. The van der Waals surface area contributed by atoms with Crippen molar-refractivity contribution in [3.05, 3.63) is 126 Å². The van der Waals surface area contributed by atoms with Gasteiger partial charge in [-0.1, -0.05) is 48.5 Å². The van der Waals surface area contributed by atoms with Crippen molar-refractivity contribution in [3.63, 3.8) is 0 Å². The molecule has 0 saturated carbocycles. The van der Waals surface area contributed by atoms with Gasteiger partial charge in [-0.15, -0.1) is 5.10 Å². The van der Waals surface area contributed by atoms with Crippen LogP contribution in [-0.4, -0.2) is 24.5 Å². The van der Waals surface area contributed by atoms with Gasteiger partial charge in [-0.3, -0.25) is 4.68 Å². The first kappa shape index (κ1) is 26.2. The average molecular weight is 549 g/mol. The minimum absolute atomic E-state index is 0.0918. The van der Waals surface area contributed by atoms with Crippen molar-refractivity contribution < 1.29 is 26.3 Å². The van der Waals surface area contributed by atoms with Crippen LogP contribution in [0, 0.1) is 17.5 Å². The molecule has 5 rings (SSSR count). The van der Waals surface area contributed by atoms with Crippen LogP contribution in [0.4, 0.5) is 13.2 Å². The highest BCUT2D eigenvalue weighted by Crippen LogP contribution is 2.40. The fourth-order valence-electron chi connectivity index (χ4n) is 4.18. The molecule has 39 heavy (non-hydrogen) atoms. The predicted molar refractivity (Wildman–Crippen MR) is 142 cm³/mol. The molecule has 4 aromatic carbocycles. The summed E-state index contributed by atoms with van der Waals surface area (Å²) in [5, 5.41) is 4.72. The summed E-state index contributed by atoms with van der Waals surface area (Å²) in [6.07, 6.45) is 1.13. The SMILES string of the molecule is CS(=O)(=O)c1ccc(-c2c(-c3ccc(F)cc3)c(OCc3ccc(F)cc3)nn2Cc2ccc(F)cc2)cc1. The van der Waals surface area contributed by atoms with Crippen LogP contribution in [0.25, 0.3) is 22.4 Å². The number of nitrogens with zero attached hydrogens (tertiary/aromatic N) is 2. The minimum atomic E-state index is -3.42. The Labute approximate surface area is 224 Å². The van der Waals surface area contributed by atoms with Gasteiger partial charge in [-0.25, -0.2) is 21.6 Å². The minimum Gasteiger partial charge on any atom is -0.471 e. The second kappa shape index (κ2) is 10.8. The smallest absolute Gasteiger partial charge is 0.241 e. The maximum absolute atomic E-state index is 13.8. The zero-order valence-corrected chi connectivity index (χ0v) is 21.6. The zero-order valence-electron chi connectivity index (χ0n) is 20.8. The Morgan fingerprint density at radius 3 is 1.72 bits per heavy atom. The fourth-order valence-corrected chi connectivity index (χ4v) is 4.81. The number of hydrogen-bond acceptors (Lipinski definition) is 4. The lowest BCUT2D eigenvalue weighted by Gasteiger charge is -2.11. The first-order valence-corrected chi connectivity index (χ1v) is 13.9. The normalized spacial score (nSPS) is 11.5. The lowest BCUT2D eigenvalue weighted by atomic mass is 10.0. The van der Waals surface area contributed by atoms with Gasteiger partial charge in [0.2, 0.25) is 5.88 Å². The molecule has 0 saturated heterocycles. The molecule has 5 aromatic rings. The van der Waals surface area contributed by atoms with Crippen LogP contribution in [0.5, 0.6) is 5.88 Å². The monoisotopic (exact) mass is 548 g/mol. The number of ether oxygens (including phenoxy) is 1. The molecule has 5 nitrogen and oxygen atoms in total. The summed E-state index contributed by atoms with van der Waals surface area (Å²) < 4.78 is 72.7. The Bertz CT molecular complexity index is 1700. The van der Waals surface area contributed by atoms with E-state index in [0.717, 1.165) is 11.8 Å². The zero-order chi connectivity index (χ0) is 27.6. The maximum atomic E-state index is 13.8. The third-order valence-corrected chi connectivity index (χ3v) is 7.27.